The number of piperazine rings is 1. The van der Waals surface area contributed by atoms with Gasteiger partial charge in [0, 0.05) is 51.7 Å². The Morgan fingerprint density at radius 3 is 1.69 bits per heavy atom. The second kappa shape index (κ2) is 32.1. The first kappa shape index (κ1) is 45.8. The minimum Gasteiger partial charge on any atom is -0.352 e. The number of carbonyl (C=O) groups is 2. The van der Waals surface area contributed by atoms with Gasteiger partial charge >= 0.3 is 0 Å². The molecule has 1 N–H and O–H groups in total. The van der Waals surface area contributed by atoms with E-state index in [0.29, 0.717) is 13.0 Å². The van der Waals surface area contributed by atoms with E-state index in [-0.39, 0.29) is 23.9 Å². The second-order valence-electron chi connectivity index (χ2n) is 16.4. The molecule has 2 aliphatic rings. The van der Waals surface area contributed by atoms with Crippen LogP contribution in [0.1, 0.15) is 206 Å². The van der Waals surface area contributed by atoms with Crippen molar-refractivity contribution in [2.75, 3.05) is 46.3 Å². The first-order chi connectivity index (χ1) is 25.0. The van der Waals surface area contributed by atoms with Crippen molar-refractivity contribution in [3.05, 3.63) is 12.2 Å². The SMILES string of the molecule is CCCCCCCC/C=C\CCCCCCCC(=O)N(CCN1CCN(C)CC1)C(CCCCCCCCCCCC)C(=O)NC1CCCCC1. The molecular formula is C45H86N4O2. The van der Waals surface area contributed by atoms with Gasteiger partial charge in [0.1, 0.15) is 6.04 Å². The minimum atomic E-state index is -0.330. The highest BCUT2D eigenvalue weighted by Gasteiger charge is 2.31. The molecule has 1 aliphatic heterocycles. The van der Waals surface area contributed by atoms with E-state index in [9.17, 15) is 9.59 Å². The summed E-state index contributed by atoms with van der Waals surface area (Å²) in [4.78, 5) is 35.0. The molecule has 298 valence electrons. The molecular weight excluding hydrogens is 629 g/mol. The zero-order chi connectivity index (χ0) is 36.6. The highest BCUT2D eigenvalue weighted by Crippen LogP contribution is 2.21. The molecule has 0 aromatic heterocycles. The van der Waals surface area contributed by atoms with Gasteiger partial charge in [0.15, 0.2) is 0 Å². The Hall–Kier alpha value is -1.40. The average Bonchev–Trinajstić information content (AvgIpc) is 3.14. The lowest BCUT2D eigenvalue weighted by Gasteiger charge is -2.37. The molecule has 1 saturated carbocycles. The summed E-state index contributed by atoms with van der Waals surface area (Å²) in [6.07, 6.45) is 41.2. The number of nitrogens with zero attached hydrogens (tertiary/aromatic N) is 3. The zero-order valence-electron chi connectivity index (χ0n) is 34.4. The number of allylic oxidation sites excluding steroid dienone is 2. The molecule has 6 heteroatoms. The molecule has 1 atom stereocenters. The number of unbranched alkanes of at least 4 members (excludes halogenated alkanes) is 20. The summed E-state index contributed by atoms with van der Waals surface area (Å²) in [5.74, 6) is 0.326. The quantitative estimate of drug-likeness (QED) is 0.0557. The minimum absolute atomic E-state index is 0.120. The maximum Gasteiger partial charge on any atom is 0.243 e. The summed E-state index contributed by atoms with van der Waals surface area (Å²) in [5.41, 5.74) is 0. The Labute approximate surface area is 317 Å². The third-order valence-corrected chi connectivity index (χ3v) is 11.7. The van der Waals surface area contributed by atoms with Gasteiger partial charge in [-0.3, -0.25) is 14.5 Å². The number of likely N-dealkylation sites (N-methyl/N-ethyl adjacent to an activating group) is 1. The molecule has 0 radical (unpaired) electrons. The summed E-state index contributed by atoms with van der Waals surface area (Å²) in [7, 11) is 2.19. The van der Waals surface area contributed by atoms with Crippen LogP contribution in [-0.4, -0.2) is 84.9 Å². The molecule has 6 nitrogen and oxygen atoms in total. The highest BCUT2D eigenvalue weighted by atomic mass is 16.2. The van der Waals surface area contributed by atoms with Crippen LogP contribution in [0.4, 0.5) is 0 Å². The fourth-order valence-corrected chi connectivity index (χ4v) is 8.06. The average molecular weight is 715 g/mol. The first-order valence-electron chi connectivity index (χ1n) is 22.7. The summed E-state index contributed by atoms with van der Waals surface area (Å²) < 4.78 is 0. The van der Waals surface area contributed by atoms with Gasteiger partial charge in [-0.2, -0.15) is 0 Å². The van der Waals surface area contributed by atoms with Crippen LogP contribution in [0.15, 0.2) is 12.2 Å². The molecule has 0 spiro atoms. The lowest BCUT2D eigenvalue weighted by atomic mass is 9.94. The van der Waals surface area contributed by atoms with Crippen LogP contribution in [0.3, 0.4) is 0 Å². The molecule has 1 saturated heterocycles. The summed E-state index contributed by atoms with van der Waals surface area (Å²) >= 11 is 0. The van der Waals surface area contributed by atoms with Gasteiger partial charge in [0.2, 0.25) is 11.8 Å². The molecule has 2 fully saturated rings. The molecule has 51 heavy (non-hydrogen) atoms. The number of carbonyl (C=O) groups excluding carboxylic acids is 2. The van der Waals surface area contributed by atoms with Crippen LogP contribution >= 0.6 is 0 Å². The van der Waals surface area contributed by atoms with E-state index in [2.05, 4.69) is 48.2 Å². The number of hydrogen-bond acceptors (Lipinski definition) is 4. The fourth-order valence-electron chi connectivity index (χ4n) is 8.06. The van der Waals surface area contributed by atoms with Gasteiger partial charge in [-0.1, -0.05) is 161 Å². The van der Waals surface area contributed by atoms with Gasteiger partial charge in [0.05, 0.1) is 0 Å². The predicted octanol–water partition coefficient (Wildman–Crippen LogP) is 11.2. The fraction of sp³-hybridized carbons (Fsp3) is 0.911. The van der Waals surface area contributed by atoms with Crippen LogP contribution in [0.5, 0.6) is 0 Å². The van der Waals surface area contributed by atoms with E-state index >= 15 is 0 Å². The van der Waals surface area contributed by atoms with Crippen LogP contribution in [0.2, 0.25) is 0 Å². The number of hydrogen-bond donors (Lipinski definition) is 1. The van der Waals surface area contributed by atoms with Gasteiger partial charge in [-0.25, -0.2) is 0 Å². The summed E-state index contributed by atoms with van der Waals surface area (Å²) in [6, 6.07) is -0.0505. The third kappa shape index (κ3) is 23.8. The lowest BCUT2D eigenvalue weighted by Crippen LogP contribution is -2.54. The topological polar surface area (TPSA) is 55.9 Å². The number of rotatable bonds is 32. The molecule has 1 aliphatic carbocycles. The normalized spacial score (nSPS) is 16.9. The van der Waals surface area contributed by atoms with Crippen molar-refractivity contribution >= 4 is 11.8 Å². The maximum atomic E-state index is 14.0. The van der Waals surface area contributed by atoms with Crippen molar-refractivity contribution in [3.8, 4) is 0 Å². The Balaban J connectivity index is 1.85. The molecule has 2 rings (SSSR count). The van der Waals surface area contributed by atoms with E-state index in [1.807, 2.05) is 4.90 Å². The van der Waals surface area contributed by atoms with E-state index in [1.54, 1.807) is 0 Å². The third-order valence-electron chi connectivity index (χ3n) is 11.7. The van der Waals surface area contributed by atoms with E-state index in [4.69, 9.17) is 0 Å². The van der Waals surface area contributed by atoms with Crippen LogP contribution < -0.4 is 5.32 Å². The van der Waals surface area contributed by atoms with Gasteiger partial charge in [-0.05, 0) is 58.4 Å². The van der Waals surface area contributed by atoms with E-state index in [1.165, 1.54) is 141 Å². The van der Waals surface area contributed by atoms with Crippen LogP contribution in [0.25, 0.3) is 0 Å². The predicted molar refractivity (Wildman–Crippen MR) is 220 cm³/mol. The monoisotopic (exact) mass is 715 g/mol. The Kier molecular flexibility index (Phi) is 28.8. The smallest absolute Gasteiger partial charge is 0.243 e. The van der Waals surface area contributed by atoms with Gasteiger partial charge in [-0.15, -0.1) is 0 Å². The zero-order valence-corrected chi connectivity index (χ0v) is 34.4. The Morgan fingerprint density at radius 2 is 1.14 bits per heavy atom. The van der Waals surface area contributed by atoms with Crippen molar-refractivity contribution in [1.29, 1.82) is 0 Å². The van der Waals surface area contributed by atoms with E-state index in [0.717, 1.165) is 77.7 Å². The molecule has 0 bridgehead atoms. The standard InChI is InChI=1S/C45H86N4O2/c1-4-6-8-10-12-14-16-17-18-19-20-22-24-26-31-35-44(50)49(41-40-48-38-36-47(3)37-39-48)43(45(51)46-42-32-28-27-29-33-42)34-30-25-23-21-15-13-11-9-7-5-2/h17-18,42-43H,4-16,19-41H2,1-3H3,(H,46,51)/b18-17-. The molecule has 2 amide bonds. The molecule has 1 heterocycles. The van der Waals surface area contributed by atoms with Crippen molar-refractivity contribution in [3.63, 3.8) is 0 Å². The van der Waals surface area contributed by atoms with Crippen LogP contribution in [0, 0.1) is 0 Å². The molecule has 0 aromatic carbocycles. The summed E-state index contributed by atoms with van der Waals surface area (Å²) in [6.45, 7) is 10.4. The number of amides is 2. The summed E-state index contributed by atoms with van der Waals surface area (Å²) in [5, 5.41) is 3.45. The molecule has 0 aromatic rings. The number of nitrogens with one attached hydrogen (secondary N) is 1. The Bertz CT molecular complexity index is 849. The maximum absolute atomic E-state index is 14.0. The van der Waals surface area contributed by atoms with Crippen molar-refractivity contribution in [2.24, 2.45) is 0 Å². The Morgan fingerprint density at radius 1 is 0.647 bits per heavy atom. The van der Waals surface area contributed by atoms with Crippen molar-refractivity contribution < 1.29 is 9.59 Å². The highest BCUT2D eigenvalue weighted by molar-refractivity contribution is 5.87. The van der Waals surface area contributed by atoms with Gasteiger partial charge in [0.25, 0.3) is 0 Å². The van der Waals surface area contributed by atoms with Gasteiger partial charge < -0.3 is 15.1 Å². The largest absolute Gasteiger partial charge is 0.352 e. The second-order valence-corrected chi connectivity index (χ2v) is 16.4. The van der Waals surface area contributed by atoms with Crippen molar-refractivity contribution in [2.45, 2.75) is 219 Å². The van der Waals surface area contributed by atoms with Crippen LogP contribution in [-0.2, 0) is 9.59 Å². The van der Waals surface area contributed by atoms with Crippen molar-refractivity contribution in [1.82, 2.24) is 20.0 Å². The van der Waals surface area contributed by atoms with E-state index < -0.39 is 0 Å². The lowest BCUT2D eigenvalue weighted by molar-refractivity contribution is -0.141. The first-order valence-corrected chi connectivity index (χ1v) is 22.7. The molecule has 1 unspecified atom stereocenters.